The Morgan fingerprint density at radius 2 is 2.06 bits per heavy atom. The summed E-state index contributed by atoms with van der Waals surface area (Å²) in [5.74, 6) is 0.626. The molecule has 1 heterocycles. The Morgan fingerprint density at radius 1 is 1.35 bits per heavy atom. The molecule has 1 aliphatic heterocycles. The van der Waals surface area contributed by atoms with E-state index in [1.807, 2.05) is 0 Å². The smallest absolute Gasteiger partial charge is 0.203 e. The van der Waals surface area contributed by atoms with Gasteiger partial charge in [0.25, 0.3) is 0 Å². The van der Waals surface area contributed by atoms with Crippen molar-refractivity contribution in [1.29, 1.82) is 0 Å². The van der Waals surface area contributed by atoms with E-state index >= 15 is 0 Å². The predicted molar refractivity (Wildman–Crippen MR) is 60.4 cm³/mol. The van der Waals surface area contributed by atoms with Crippen LogP contribution in [0.25, 0.3) is 0 Å². The van der Waals surface area contributed by atoms with Gasteiger partial charge in [0.2, 0.25) is 5.75 Å². The van der Waals surface area contributed by atoms with Crippen LogP contribution in [0.5, 0.6) is 17.2 Å². The minimum absolute atomic E-state index is 0.0344. The van der Waals surface area contributed by atoms with Crippen molar-refractivity contribution in [2.75, 3.05) is 14.2 Å². The first-order chi connectivity index (χ1) is 8.10. The lowest BCUT2D eigenvalue weighted by molar-refractivity contribution is -0.0534. The van der Waals surface area contributed by atoms with Gasteiger partial charge in [-0.25, -0.2) is 0 Å². The summed E-state index contributed by atoms with van der Waals surface area (Å²) in [5.41, 5.74) is 1.17. The molecule has 0 amide bonds. The molecule has 0 saturated carbocycles. The molecule has 0 radical (unpaired) electrons. The number of phenols is 1. The van der Waals surface area contributed by atoms with Crippen LogP contribution in [0.4, 0.5) is 0 Å². The fourth-order valence-electron chi connectivity index (χ4n) is 2.01. The molecule has 17 heavy (non-hydrogen) atoms. The molecule has 0 fully saturated rings. The van der Waals surface area contributed by atoms with Crippen LogP contribution >= 0.6 is 0 Å². The van der Waals surface area contributed by atoms with E-state index in [2.05, 4.69) is 0 Å². The van der Waals surface area contributed by atoms with Crippen molar-refractivity contribution in [3.8, 4) is 17.2 Å². The largest absolute Gasteiger partial charge is 0.504 e. The van der Waals surface area contributed by atoms with Crippen LogP contribution in [0.1, 0.15) is 24.2 Å². The molecular weight excluding hydrogens is 224 g/mol. The standard InChI is InChI=1S/C12H16O5/c1-6-10(13)7-4-9(15-2)12(16-3)11(14)8(7)5-17-6/h4,6,10,13-14H,5H2,1-3H3. The van der Waals surface area contributed by atoms with Gasteiger partial charge in [-0.1, -0.05) is 0 Å². The molecule has 5 heteroatoms. The maximum Gasteiger partial charge on any atom is 0.203 e. The second-order valence-electron chi connectivity index (χ2n) is 3.99. The number of aromatic hydroxyl groups is 1. The zero-order valence-electron chi connectivity index (χ0n) is 10.1. The first-order valence-corrected chi connectivity index (χ1v) is 5.36. The summed E-state index contributed by atoms with van der Waals surface area (Å²) in [6, 6.07) is 1.68. The van der Waals surface area contributed by atoms with Crippen molar-refractivity contribution in [2.24, 2.45) is 0 Å². The molecule has 0 spiro atoms. The molecule has 5 nitrogen and oxygen atoms in total. The lowest BCUT2D eigenvalue weighted by atomic mass is 9.95. The van der Waals surface area contributed by atoms with Gasteiger partial charge in [-0.05, 0) is 18.6 Å². The van der Waals surface area contributed by atoms with Crippen molar-refractivity contribution in [3.63, 3.8) is 0 Å². The third kappa shape index (κ3) is 1.81. The van der Waals surface area contributed by atoms with E-state index in [-0.39, 0.29) is 24.2 Å². The van der Waals surface area contributed by atoms with E-state index in [9.17, 15) is 10.2 Å². The number of methoxy groups -OCH3 is 2. The number of hydrogen-bond acceptors (Lipinski definition) is 5. The van der Waals surface area contributed by atoms with Crippen LogP contribution in [0.15, 0.2) is 6.07 Å². The van der Waals surface area contributed by atoms with Gasteiger partial charge in [0, 0.05) is 5.56 Å². The van der Waals surface area contributed by atoms with Crippen LogP contribution in [0.2, 0.25) is 0 Å². The highest BCUT2D eigenvalue weighted by Crippen LogP contribution is 2.45. The second-order valence-corrected chi connectivity index (χ2v) is 3.99. The van der Waals surface area contributed by atoms with Crippen LogP contribution in [0.3, 0.4) is 0 Å². The fourth-order valence-corrected chi connectivity index (χ4v) is 2.01. The van der Waals surface area contributed by atoms with Gasteiger partial charge < -0.3 is 24.4 Å². The maximum absolute atomic E-state index is 10.1. The Kier molecular flexibility index (Phi) is 3.13. The van der Waals surface area contributed by atoms with Gasteiger partial charge in [-0.15, -0.1) is 0 Å². The lowest BCUT2D eigenvalue weighted by Crippen LogP contribution is -2.25. The maximum atomic E-state index is 10.1. The van der Waals surface area contributed by atoms with Gasteiger partial charge in [0.15, 0.2) is 11.5 Å². The van der Waals surface area contributed by atoms with Crippen molar-refractivity contribution < 1.29 is 24.4 Å². The number of ether oxygens (including phenoxy) is 3. The van der Waals surface area contributed by atoms with E-state index < -0.39 is 6.10 Å². The van der Waals surface area contributed by atoms with Gasteiger partial charge in [-0.3, -0.25) is 0 Å². The molecule has 0 saturated heterocycles. The third-order valence-corrected chi connectivity index (χ3v) is 3.04. The van der Waals surface area contributed by atoms with Crippen molar-refractivity contribution in [1.82, 2.24) is 0 Å². The summed E-state index contributed by atoms with van der Waals surface area (Å²) in [7, 11) is 2.94. The van der Waals surface area contributed by atoms with Gasteiger partial charge >= 0.3 is 0 Å². The number of aliphatic hydroxyl groups is 1. The van der Waals surface area contributed by atoms with Crippen molar-refractivity contribution in [3.05, 3.63) is 17.2 Å². The summed E-state index contributed by atoms with van der Waals surface area (Å²) in [5, 5.41) is 20.1. The van der Waals surface area contributed by atoms with Gasteiger partial charge in [-0.2, -0.15) is 0 Å². The molecule has 2 rings (SSSR count). The van der Waals surface area contributed by atoms with Gasteiger partial charge in [0.1, 0.15) is 6.10 Å². The van der Waals surface area contributed by atoms with Crippen molar-refractivity contribution in [2.45, 2.75) is 25.7 Å². The highest BCUT2D eigenvalue weighted by atomic mass is 16.5. The molecule has 1 aliphatic rings. The van der Waals surface area contributed by atoms with E-state index in [0.717, 1.165) is 0 Å². The average Bonchev–Trinajstić information content (AvgIpc) is 2.33. The topological polar surface area (TPSA) is 68.2 Å². The Morgan fingerprint density at radius 3 is 2.65 bits per heavy atom. The van der Waals surface area contributed by atoms with Crippen LogP contribution in [0, 0.1) is 0 Å². The zero-order valence-corrected chi connectivity index (χ0v) is 10.1. The van der Waals surface area contributed by atoms with Crippen LogP contribution in [-0.4, -0.2) is 30.5 Å². The van der Waals surface area contributed by atoms with E-state index in [1.165, 1.54) is 14.2 Å². The summed E-state index contributed by atoms with van der Waals surface area (Å²) in [4.78, 5) is 0. The lowest BCUT2D eigenvalue weighted by Gasteiger charge is -2.29. The number of hydrogen-bond donors (Lipinski definition) is 2. The fraction of sp³-hybridized carbons (Fsp3) is 0.500. The molecule has 0 aromatic heterocycles. The highest BCUT2D eigenvalue weighted by Gasteiger charge is 2.30. The monoisotopic (exact) mass is 240 g/mol. The summed E-state index contributed by atoms with van der Waals surface area (Å²) >= 11 is 0. The normalized spacial score (nSPS) is 23.1. The minimum Gasteiger partial charge on any atom is -0.504 e. The second kappa shape index (κ2) is 4.43. The Balaban J connectivity index is 2.60. The number of fused-ring (bicyclic) bond motifs is 1. The highest BCUT2D eigenvalue weighted by molar-refractivity contribution is 5.59. The Bertz CT molecular complexity index is 429. The molecule has 0 aliphatic carbocycles. The molecule has 2 unspecified atom stereocenters. The molecule has 1 aromatic carbocycles. The molecule has 94 valence electrons. The quantitative estimate of drug-likeness (QED) is 0.817. The average molecular weight is 240 g/mol. The summed E-state index contributed by atoms with van der Waals surface area (Å²) in [6.45, 7) is 2.03. The van der Waals surface area contributed by atoms with Gasteiger partial charge in [0.05, 0.1) is 26.9 Å². The number of benzene rings is 1. The van der Waals surface area contributed by atoms with E-state index in [1.54, 1.807) is 13.0 Å². The Hall–Kier alpha value is -1.46. The van der Waals surface area contributed by atoms with E-state index in [0.29, 0.717) is 16.9 Å². The zero-order chi connectivity index (χ0) is 12.6. The third-order valence-electron chi connectivity index (χ3n) is 3.04. The molecular formula is C12H16O5. The van der Waals surface area contributed by atoms with Crippen LogP contribution in [-0.2, 0) is 11.3 Å². The predicted octanol–water partition coefficient (Wildman–Crippen LogP) is 1.36. The number of phenolic OH excluding ortho intramolecular Hbond substituents is 1. The van der Waals surface area contributed by atoms with E-state index in [4.69, 9.17) is 14.2 Å². The summed E-state index contributed by atoms with van der Waals surface area (Å²) < 4.78 is 15.6. The number of aliphatic hydroxyl groups excluding tert-OH is 1. The molecule has 1 aromatic rings. The van der Waals surface area contributed by atoms with Crippen LogP contribution < -0.4 is 9.47 Å². The first kappa shape index (κ1) is 12.0. The van der Waals surface area contributed by atoms with Crippen molar-refractivity contribution >= 4 is 0 Å². The Labute approximate surface area is 99.5 Å². The summed E-state index contributed by atoms with van der Waals surface area (Å²) in [6.07, 6.45) is -1.08. The molecule has 2 atom stereocenters. The molecule has 2 N–H and O–H groups in total. The molecule has 0 bridgehead atoms. The minimum atomic E-state index is -0.774. The SMILES string of the molecule is COc1cc2c(c(O)c1OC)COC(C)C2O. The number of rotatable bonds is 2. The first-order valence-electron chi connectivity index (χ1n) is 5.36.